The lowest BCUT2D eigenvalue weighted by Crippen LogP contribution is -2.16. The molecule has 0 aromatic heterocycles. The second kappa shape index (κ2) is 2.16. The fourth-order valence-corrected chi connectivity index (χ4v) is 0.150. The van der Waals surface area contributed by atoms with E-state index in [9.17, 15) is 0 Å². The van der Waals surface area contributed by atoms with Crippen molar-refractivity contribution in [2.75, 3.05) is 0 Å². The summed E-state index contributed by atoms with van der Waals surface area (Å²) in [6.07, 6.45) is 0. The monoisotopic (exact) mass is 115 g/mol. The molecule has 0 spiro atoms. The molecule has 0 amide bonds. The van der Waals surface area contributed by atoms with Crippen LogP contribution in [0.3, 0.4) is 0 Å². The van der Waals surface area contributed by atoms with Crippen LogP contribution in [0.4, 0.5) is 0 Å². The maximum absolute atomic E-state index is 8.26. The molecule has 0 aliphatic carbocycles. The Morgan fingerprint density at radius 3 is 1.75 bits per heavy atom. The van der Waals surface area contributed by atoms with Gasteiger partial charge in [-0.3, -0.25) is 0 Å². The Balaban J connectivity index is 4.03. The van der Waals surface area contributed by atoms with E-state index in [0.717, 1.165) is 5.71 Å². The highest BCUT2D eigenvalue weighted by Crippen LogP contribution is 2.14. The first kappa shape index (κ1) is 7.47. The zero-order valence-corrected chi connectivity index (χ0v) is 5.89. The minimum Gasteiger partial charge on any atom is -0.411 e. The SMILES string of the molecule is C/C(=N/O)C(C)(C)C. The van der Waals surface area contributed by atoms with Gasteiger partial charge in [0.15, 0.2) is 0 Å². The first-order chi connectivity index (χ1) is 3.48. The van der Waals surface area contributed by atoms with Crippen LogP contribution < -0.4 is 0 Å². The summed E-state index contributed by atoms with van der Waals surface area (Å²) in [5.41, 5.74) is 0.770. The molecule has 0 fully saturated rings. The third kappa shape index (κ3) is 1.96. The van der Waals surface area contributed by atoms with Gasteiger partial charge >= 0.3 is 0 Å². The van der Waals surface area contributed by atoms with Crippen LogP contribution in [0.2, 0.25) is 0 Å². The summed E-state index contributed by atoms with van der Waals surface area (Å²) >= 11 is 0. The highest BCUT2D eigenvalue weighted by atomic mass is 16.4. The van der Waals surface area contributed by atoms with Crippen LogP contribution in [-0.4, -0.2) is 10.9 Å². The van der Waals surface area contributed by atoms with Crippen molar-refractivity contribution in [3.05, 3.63) is 0 Å². The molecule has 0 saturated carbocycles. The van der Waals surface area contributed by atoms with E-state index in [2.05, 4.69) is 5.16 Å². The van der Waals surface area contributed by atoms with Crippen LogP contribution in [-0.2, 0) is 0 Å². The molecule has 0 aliphatic rings. The van der Waals surface area contributed by atoms with Gasteiger partial charge in [-0.05, 0) is 6.92 Å². The largest absolute Gasteiger partial charge is 0.411 e. The molecule has 0 atom stereocenters. The molecule has 48 valence electrons. The maximum Gasteiger partial charge on any atom is 0.0593 e. The van der Waals surface area contributed by atoms with Crippen molar-refractivity contribution in [1.29, 1.82) is 0 Å². The highest BCUT2D eigenvalue weighted by molar-refractivity contribution is 5.86. The predicted molar refractivity (Wildman–Crippen MR) is 34.4 cm³/mol. The molecule has 2 heteroatoms. The van der Waals surface area contributed by atoms with Gasteiger partial charge in [0.2, 0.25) is 0 Å². The summed E-state index contributed by atoms with van der Waals surface area (Å²) in [7, 11) is 0. The first-order valence-electron chi connectivity index (χ1n) is 2.67. The highest BCUT2D eigenvalue weighted by Gasteiger charge is 2.13. The molecule has 8 heavy (non-hydrogen) atoms. The van der Waals surface area contributed by atoms with E-state index in [0.29, 0.717) is 0 Å². The van der Waals surface area contributed by atoms with Crippen LogP contribution in [0.25, 0.3) is 0 Å². The molecule has 0 saturated heterocycles. The minimum absolute atomic E-state index is 0.00868. The molecule has 2 nitrogen and oxygen atoms in total. The van der Waals surface area contributed by atoms with E-state index in [1.54, 1.807) is 6.92 Å². The molecule has 0 bridgehead atoms. The lowest BCUT2D eigenvalue weighted by molar-refractivity contribution is 0.310. The van der Waals surface area contributed by atoms with Crippen LogP contribution in [0, 0.1) is 5.41 Å². The number of rotatable bonds is 0. The van der Waals surface area contributed by atoms with Crippen molar-refractivity contribution in [1.82, 2.24) is 0 Å². The molecule has 0 heterocycles. The number of hydrogen-bond donors (Lipinski definition) is 1. The van der Waals surface area contributed by atoms with Crippen molar-refractivity contribution < 1.29 is 5.21 Å². The van der Waals surface area contributed by atoms with E-state index in [-0.39, 0.29) is 5.41 Å². The van der Waals surface area contributed by atoms with Crippen molar-refractivity contribution >= 4 is 5.71 Å². The van der Waals surface area contributed by atoms with E-state index >= 15 is 0 Å². The molecular weight excluding hydrogens is 102 g/mol. The second-order valence-corrected chi connectivity index (χ2v) is 2.94. The molecule has 0 aromatic carbocycles. The van der Waals surface area contributed by atoms with Crippen LogP contribution in [0.5, 0.6) is 0 Å². The smallest absolute Gasteiger partial charge is 0.0593 e. The normalized spacial score (nSPS) is 14.2. The Kier molecular flexibility index (Phi) is 2.02. The summed E-state index contributed by atoms with van der Waals surface area (Å²) < 4.78 is 0. The fourth-order valence-electron chi connectivity index (χ4n) is 0.150. The molecule has 0 aromatic rings. The summed E-state index contributed by atoms with van der Waals surface area (Å²) in [5.74, 6) is 0. The zero-order valence-electron chi connectivity index (χ0n) is 5.89. The molecule has 0 aliphatic heterocycles. The Bertz CT molecular complexity index is 99.6. The van der Waals surface area contributed by atoms with Gasteiger partial charge in [0, 0.05) is 5.41 Å². The van der Waals surface area contributed by atoms with E-state index in [1.807, 2.05) is 20.8 Å². The van der Waals surface area contributed by atoms with Gasteiger partial charge in [-0.25, -0.2) is 0 Å². The average molecular weight is 115 g/mol. The van der Waals surface area contributed by atoms with Gasteiger partial charge in [-0.1, -0.05) is 25.9 Å². The topological polar surface area (TPSA) is 32.6 Å². The third-order valence-electron chi connectivity index (χ3n) is 1.24. The summed E-state index contributed by atoms with van der Waals surface area (Å²) in [6, 6.07) is 0. The Morgan fingerprint density at radius 1 is 1.38 bits per heavy atom. The Labute approximate surface area is 50.2 Å². The van der Waals surface area contributed by atoms with Crippen LogP contribution in [0.15, 0.2) is 5.16 Å². The third-order valence-corrected chi connectivity index (χ3v) is 1.24. The van der Waals surface area contributed by atoms with Crippen molar-refractivity contribution in [2.45, 2.75) is 27.7 Å². The predicted octanol–water partition coefficient (Wildman–Crippen LogP) is 1.88. The minimum atomic E-state index is 0.00868. The van der Waals surface area contributed by atoms with E-state index < -0.39 is 0 Å². The van der Waals surface area contributed by atoms with E-state index in [1.165, 1.54) is 0 Å². The van der Waals surface area contributed by atoms with Gasteiger partial charge < -0.3 is 5.21 Å². The zero-order chi connectivity index (χ0) is 6.78. The standard InChI is InChI=1S/C6H13NO/c1-5(7-8)6(2,3)4/h8H,1-4H3/b7-5-. The van der Waals surface area contributed by atoms with Crippen LogP contribution >= 0.6 is 0 Å². The maximum atomic E-state index is 8.26. The van der Waals surface area contributed by atoms with Crippen molar-refractivity contribution in [3.63, 3.8) is 0 Å². The lowest BCUT2D eigenvalue weighted by Gasteiger charge is -2.15. The molecule has 0 unspecified atom stereocenters. The summed E-state index contributed by atoms with van der Waals surface area (Å²) in [4.78, 5) is 0. The average Bonchev–Trinajstić information content (AvgIpc) is 1.62. The van der Waals surface area contributed by atoms with Gasteiger partial charge in [-0.15, -0.1) is 0 Å². The molecular formula is C6H13NO. The molecule has 0 radical (unpaired) electrons. The fraction of sp³-hybridized carbons (Fsp3) is 0.833. The Hall–Kier alpha value is -0.530. The quantitative estimate of drug-likeness (QED) is 0.292. The van der Waals surface area contributed by atoms with Gasteiger partial charge in [0.25, 0.3) is 0 Å². The van der Waals surface area contributed by atoms with Gasteiger partial charge in [0.05, 0.1) is 5.71 Å². The number of hydrogen-bond acceptors (Lipinski definition) is 2. The summed E-state index contributed by atoms with van der Waals surface area (Å²) in [5, 5.41) is 11.3. The lowest BCUT2D eigenvalue weighted by atomic mass is 9.91. The van der Waals surface area contributed by atoms with Gasteiger partial charge in [0.1, 0.15) is 0 Å². The summed E-state index contributed by atoms with van der Waals surface area (Å²) in [6.45, 7) is 7.81. The van der Waals surface area contributed by atoms with E-state index in [4.69, 9.17) is 5.21 Å². The number of oxime groups is 1. The number of nitrogens with zero attached hydrogens (tertiary/aromatic N) is 1. The Morgan fingerprint density at radius 2 is 1.75 bits per heavy atom. The van der Waals surface area contributed by atoms with Crippen molar-refractivity contribution in [3.8, 4) is 0 Å². The molecule has 0 rings (SSSR count). The van der Waals surface area contributed by atoms with Crippen LogP contribution in [0.1, 0.15) is 27.7 Å². The first-order valence-corrected chi connectivity index (χ1v) is 2.67. The van der Waals surface area contributed by atoms with Gasteiger partial charge in [-0.2, -0.15) is 0 Å². The van der Waals surface area contributed by atoms with Crippen molar-refractivity contribution in [2.24, 2.45) is 10.6 Å². The molecule has 1 N–H and O–H groups in total. The second-order valence-electron chi connectivity index (χ2n) is 2.94.